The summed E-state index contributed by atoms with van der Waals surface area (Å²) < 4.78 is 42.9. The van der Waals surface area contributed by atoms with E-state index in [1.54, 1.807) is 12.1 Å². The van der Waals surface area contributed by atoms with E-state index < -0.39 is 11.7 Å². The molecule has 0 amide bonds. The lowest BCUT2D eigenvalue weighted by atomic mass is 10.1. The fourth-order valence-electron chi connectivity index (χ4n) is 1.77. The molecule has 118 valence electrons. The van der Waals surface area contributed by atoms with Gasteiger partial charge in [-0.05, 0) is 35.4 Å². The smallest absolute Gasteiger partial charge is 0.416 e. The maximum atomic E-state index is 12.5. The molecule has 22 heavy (non-hydrogen) atoms. The van der Waals surface area contributed by atoms with Crippen LogP contribution in [-0.4, -0.2) is 0 Å². The first-order valence-corrected chi connectivity index (χ1v) is 7.43. The molecule has 0 N–H and O–H groups in total. The first-order valence-electron chi connectivity index (χ1n) is 6.14. The molecule has 1 nitrogen and oxygen atoms in total. The van der Waals surface area contributed by atoms with Crippen LogP contribution in [0.15, 0.2) is 36.4 Å². The number of hydrogen-bond acceptors (Lipinski definition) is 1. The molecule has 7 heteroatoms. The third kappa shape index (κ3) is 4.22. The van der Waals surface area contributed by atoms with Gasteiger partial charge in [0.15, 0.2) is 5.75 Å². The summed E-state index contributed by atoms with van der Waals surface area (Å²) in [6, 6.07) is 7.94. The monoisotopic (exact) mass is 368 g/mol. The quantitative estimate of drug-likeness (QED) is 0.572. The van der Waals surface area contributed by atoms with E-state index in [4.69, 9.17) is 39.5 Å². The maximum Gasteiger partial charge on any atom is 0.416 e. The highest BCUT2D eigenvalue weighted by atomic mass is 35.5. The third-order valence-electron chi connectivity index (χ3n) is 2.88. The number of ether oxygens (including phenoxy) is 1. The van der Waals surface area contributed by atoms with Gasteiger partial charge in [0, 0.05) is 5.88 Å². The van der Waals surface area contributed by atoms with Crippen molar-refractivity contribution in [1.82, 2.24) is 0 Å². The first-order chi connectivity index (χ1) is 10.3. The molecule has 0 aliphatic heterocycles. The van der Waals surface area contributed by atoms with Crippen molar-refractivity contribution < 1.29 is 17.9 Å². The fourth-order valence-corrected chi connectivity index (χ4v) is 2.57. The van der Waals surface area contributed by atoms with Crippen molar-refractivity contribution in [3.05, 3.63) is 63.1 Å². The van der Waals surface area contributed by atoms with E-state index in [0.717, 1.165) is 17.7 Å². The molecule has 2 rings (SSSR count). The lowest BCUT2D eigenvalue weighted by Crippen LogP contribution is -2.05. The van der Waals surface area contributed by atoms with E-state index >= 15 is 0 Å². The van der Waals surface area contributed by atoms with Crippen molar-refractivity contribution in [3.63, 3.8) is 0 Å². The number of rotatable bonds is 4. The molecule has 0 unspecified atom stereocenters. The van der Waals surface area contributed by atoms with Gasteiger partial charge in [-0.3, -0.25) is 0 Å². The van der Waals surface area contributed by atoms with Gasteiger partial charge in [0.25, 0.3) is 0 Å². The number of hydrogen-bond donors (Lipinski definition) is 0. The summed E-state index contributed by atoms with van der Waals surface area (Å²) >= 11 is 17.8. The average Bonchev–Trinajstić information content (AvgIpc) is 2.45. The molecule has 0 aliphatic carbocycles. The van der Waals surface area contributed by atoms with Crippen molar-refractivity contribution in [2.45, 2.75) is 18.7 Å². The van der Waals surface area contributed by atoms with Crippen molar-refractivity contribution in [2.75, 3.05) is 0 Å². The highest BCUT2D eigenvalue weighted by molar-refractivity contribution is 6.37. The van der Waals surface area contributed by atoms with Crippen LogP contribution < -0.4 is 4.74 Å². The van der Waals surface area contributed by atoms with Gasteiger partial charge in [0.2, 0.25) is 0 Å². The van der Waals surface area contributed by atoms with Crippen LogP contribution >= 0.6 is 34.8 Å². The van der Waals surface area contributed by atoms with Crippen molar-refractivity contribution in [3.8, 4) is 5.75 Å². The second-order valence-corrected chi connectivity index (χ2v) is 5.59. The van der Waals surface area contributed by atoms with E-state index in [2.05, 4.69) is 0 Å². The Hall–Kier alpha value is -1.10. The molecule has 0 aliphatic rings. The average molecular weight is 370 g/mol. The molecule has 2 aromatic rings. The van der Waals surface area contributed by atoms with Crippen LogP contribution in [0.1, 0.15) is 16.7 Å². The number of halogens is 6. The Morgan fingerprint density at radius 3 is 1.91 bits per heavy atom. The summed E-state index contributed by atoms with van der Waals surface area (Å²) in [5.74, 6) is 0.538. The zero-order valence-corrected chi connectivity index (χ0v) is 13.3. The first kappa shape index (κ1) is 17.3. The van der Waals surface area contributed by atoms with E-state index in [9.17, 15) is 13.2 Å². The van der Waals surface area contributed by atoms with Gasteiger partial charge in [-0.2, -0.15) is 13.2 Å². The molecular weight excluding hydrogens is 360 g/mol. The molecule has 0 atom stereocenters. The van der Waals surface area contributed by atoms with Gasteiger partial charge < -0.3 is 4.74 Å². The predicted octanol–water partition coefficient (Wildman–Crippen LogP) is 6.33. The van der Waals surface area contributed by atoms with Gasteiger partial charge in [-0.1, -0.05) is 35.3 Å². The number of alkyl halides is 4. The van der Waals surface area contributed by atoms with Crippen LogP contribution in [0.3, 0.4) is 0 Å². The second kappa shape index (κ2) is 6.99. The molecule has 0 saturated carbocycles. The lowest BCUT2D eigenvalue weighted by molar-refractivity contribution is -0.137. The van der Waals surface area contributed by atoms with Gasteiger partial charge in [-0.25, -0.2) is 0 Å². The van der Waals surface area contributed by atoms with E-state index in [1.807, 2.05) is 0 Å². The standard InChI is InChI=1S/C15H10Cl3F3O/c16-7-10-5-12(17)14(13(18)6-10)22-8-9-1-3-11(4-2-9)15(19,20)21/h1-6H,7-8H2. The van der Waals surface area contributed by atoms with E-state index in [-0.39, 0.29) is 18.2 Å². The molecule has 0 fully saturated rings. The van der Waals surface area contributed by atoms with Crippen LogP contribution in [0.25, 0.3) is 0 Å². The molecule has 0 saturated heterocycles. The maximum absolute atomic E-state index is 12.5. The molecule has 0 bridgehead atoms. The predicted molar refractivity (Wildman–Crippen MR) is 81.8 cm³/mol. The van der Waals surface area contributed by atoms with E-state index in [0.29, 0.717) is 15.6 Å². The topological polar surface area (TPSA) is 9.23 Å². The fraction of sp³-hybridized carbons (Fsp3) is 0.200. The second-order valence-electron chi connectivity index (χ2n) is 4.51. The molecule has 0 heterocycles. The molecule has 0 radical (unpaired) electrons. The van der Waals surface area contributed by atoms with Crippen LogP contribution in [0.2, 0.25) is 10.0 Å². The van der Waals surface area contributed by atoms with Crippen molar-refractivity contribution >= 4 is 34.8 Å². The zero-order chi connectivity index (χ0) is 16.3. The minimum atomic E-state index is -4.36. The molecular formula is C15H10Cl3F3O. The minimum Gasteiger partial charge on any atom is -0.486 e. The normalized spacial score (nSPS) is 11.5. The summed E-state index contributed by atoms with van der Waals surface area (Å²) in [6.45, 7) is 0.0534. The Balaban J connectivity index is 2.10. The number of benzene rings is 2. The van der Waals surface area contributed by atoms with Crippen molar-refractivity contribution in [1.29, 1.82) is 0 Å². The van der Waals surface area contributed by atoms with Gasteiger partial charge in [-0.15, -0.1) is 11.6 Å². The molecule has 2 aromatic carbocycles. The van der Waals surface area contributed by atoms with Crippen LogP contribution in [0.5, 0.6) is 5.75 Å². The lowest BCUT2D eigenvalue weighted by Gasteiger charge is -2.12. The summed E-state index contributed by atoms with van der Waals surface area (Å²) in [5.41, 5.74) is 0.610. The van der Waals surface area contributed by atoms with Gasteiger partial charge in [0.1, 0.15) is 6.61 Å². The van der Waals surface area contributed by atoms with Crippen molar-refractivity contribution in [2.24, 2.45) is 0 Å². The Kier molecular flexibility index (Phi) is 5.48. The summed E-state index contributed by atoms with van der Waals surface area (Å²) in [4.78, 5) is 0. The third-order valence-corrected chi connectivity index (χ3v) is 3.75. The van der Waals surface area contributed by atoms with E-state index in [1.165, 1.54) is 12.1 Å². The zero-order valence-electron chi connectivity index (χ0n) is 11.1. The highest BCUT2D eigenvalue weighted by Crippen LogP contribution is 2.35. The van der Waals surface area contributed by atoms with Crippen LogP contribution in [-0.2, 0) is 18.7 Å². The Morgan fingerprint density at radius 2 is 1.45 bits per heavy atom. The van der Waals surface area contributed by atoms with Crippen LogP contribution in [0, 0.1) is 0 Å². The minimum absolute atomic E-state index is 0.0534. The summed E-state index contributed by atoms with van der Waals surface area (Å²) in [6.07, 6.45) is -4.36. The molecule has 0 spiro atoms. The van der Waals surface area contributed by atoms with Gasteiger partial charge >= 0.3 is 6.18 Å². The highest BCUT2D eigenvalue weighted by Gasteiger charge is 2.29. The summed E-state index contributed by atoms with van der Waals surface area (Å²) in [5, 5.41) is 0.602. The molecule has 0 aromatic heterocycles. The Morgan fingerprint density at radius 1 is 0.909 bits per heavy atom. The van der Waals surface area contributed by atoms with Gasteiger partial charge in [0.05, 0.1) is 15.6 Å². The largest absolute Gasteiger partial charge is 0.486 e. The Bertz CT molecular complexity index is 631. The SMILES string of the molecule is FC(F)(F)c1ccc(COc2c(Cl)cc(CCl)cc2Cl)cc1. The van der Waals surface area contributed by atoms with Crippen LogP contribution in [0.4, 0.5) is 13.2 Å². The summed E-state index contributed by atoms with van der Waals surface area (Å²) in [7, 11) is 0. The Labute approximate surface area is 140 Å².